The highest BCUT2D eigenvalue weighted by molar-refractivity contribution is 5.87. The van der Waals surface area contributed by atoms with Crippen LogP contribution in [0.3, 0.4) is 0 Å². The van der Waals surface area contributed by atoms with E-state index in [1.807, 2.05) is 6.08 Å². The lowest BCUT2D eigenvalue weighted by atomic mass is 9.97. The molecule has 3 aliphatic rings. The van der Waals surface area contributed by atoms with Gasteiger partial charge in [0, 0.05) is 12.1 Å². The minimum Gasteiger partial charge on any atom is -0.317 e. The molecule has 1 saturated heterocycles. The molecular weight excluding hydrogens is 230 g/mol. The van der Waals surface area contributed by atoms with Crippen LogP contribution in [0.2, 0.25) is 0 Å². The molecule has 3 rings (SSSR count). The lowest BCUT2D eigenvalue weighted by molar-refractivity contribution is -0.00153. The molecule has 0 aromatic heterocycles. The summed E-state index contributed by atoms with van der Waals surface area (Å²) in [6.45, 7) is 2.00. The normalized spacial score (nSPS) is 28.1. The van der Waals surface area contributed by atoms with Crippen LogP contribution in [0.1, 0.15) is 12.8 Å². The van der Waals surface area contributed by atoms with Crippen molar-refractivity contribution in [3.8, 4) is 0 Å². The van der Waals surface area contributed by atoms with Gasteiger partial charge in [-0.25, -0.2) is 10.1 Å². The number of hydrogen-bond donors (Lipinski definition) is 2. The third kappa shape index (κ3) is 2.12. The lowest BCUT2D eigenvalue weighted by Crippen LogP contribution is -2.30. The predicted octanol–water partition coefficient (Wildman–Crippen LogP) is 1.79. The van der Waals surface area contributed by atoms with E-state index in [-0.39, 0.29) is 0 Å². The van der Waals surface area contributed by atoms with Crippen molar-refractivity contribution >= 4 is 5.84 Å². The van der Waals surface area contributed by atoms with Gasteiger partial charge in [-0.05, 0) is 38.1 Å². The zero-order valence-corrected chi connectivity index (χ0v) is 9.95. The molecule has 0 aromatic carbocycles. The van der Waals surface area contributed by atoms with Crippen LogP contribution in [0.15, 0.2) is 51.2 Å². The summed E-state index contributed by atoms with van der Waals surface area (Å²) in [5.74, 6) is 1.64. The molecule has 0 spiro atoms. The summed E-state index contributed by atoms with van der Waals surface area (Å²) < 4.78 is 0. The second-order valence-corrected chi connectivity index (χ2v) is 4.45. The van der Waals surface area contributed by atoms with Crippen molar-refractivity contribution in [2.24, 2.45) is 21.1 Å². The molecule has 0 aliphatic carbocycles. The number of rotatable bonds is 1. The first kappa shape index (κ1) is 11.3. The van der Waals surface area contributed by atoms with Crippen LogP contribution >= 0.6 is 0 Å². The molecule has 6 nitrogen and oxygen atoms in total. The Bertz CT molecular complexity index is 483. The molecule has 2 N–H and O–H groups in total. The van der Waals surface area contributed by atoms with Gasteiger partial charge in [-0.1, -0.05) is 6.08 Å². The van der Waals surface area contributed by atoms with E-state index in [0.29, 0.717) is 17.4 Å². The molecule has 1 fully saturated rings. The van der Waals surface area contributed by atoms with Gasteiger partial charge < -0.3 is 5.32 Å². The summed E-state index contributed by atoms with van der Waals surface area (Å²) in [6, 6.07) is 0. The SMILES string of the molecule is ON1C=CC=CC1=C1N=NC(C2CCNCC2)=N1. The van der Waals surface area contributed by atoms with Gasteiger partial charge in [0.25, 0.3) is 0 Å². The van der Waals surface area contributed by atoms with Crippen LogP contribution in [-0.4, -0.2) is 29.2 Å². The largest absolute Gasteiger partial charge is 0.317 e. The number of azo groups is 1. The average Bonchev–Trinajstić information content (AvgIpc) is 2.90. The van der Waals surface area contributed by atoms with Crippen LogP contribution in [0.5, 0.6) is 0 Å². The van der Waals surface area contributed by atoms with Gasteiger partial charge in [0.2, 0.25) is 5.82 Å². The Hall–Kier alpha value is -1.79. The molecule has 6 heteroatoms. The summed E-state index contributed by atoms with van der Waals surface area (Å²) in [4.78, 5) is 4.43. The second kappa shape index (κ2) is 4.83. The molecule has 94 valence electrons. The monoisotopic (exact) mass is 245 g/mol. The maximum Gasteiger partial charge on any atom is 0.202 e. The first-order valence-electron chi connectivity index (χ1n) is 6.13. The number of nitrogens with zero attached hydrogens (tertiary/aromatic N) is 4. The minimum absolute atomic E-state index is 0.378. The smallest absolute Gasteiger partial charge is 0.202 e. The second-order valence-electron chi connectivity index (χ2n) is 4.45. The van der Waals surface area contributed by atoms with Gasteiger partial charge >= 0.3 is 0 Å². The fraction of sp³-hybridized carbons (Fsp3) is 0.417. The van der Waals surface area contributed by atoms with Gasteiger partial charge in [0.15, 0.2) is 5.84 Å². The van der Waals surface area contributed by atoms with Crippen LogP contribution < -0.4 is 5.32 Å². The molecule has 0 saturated carbocycles. The highest BCUT2D eigenvalue weighted by Gasteiger charge is 2.24. The van der Waals surface area contributed by atoms with E-state index in [4.69, 9.17) is 0 Å². The Morgan fingerprint density at radius 1 is 1.22 bits per heavy atom. The highest BCUT2D eigenvalue weighted by atomic mass is 16.5. The summed E-state index contributed by atoms with van der Waals surface area (Å²) in [7, 11) is 0. The Morgan fingerprint density at radius 2 is 2.06 bits per heavy atom. The van der Waals surface area contributed by atoms with Crippen molar-refractivity contribution < 1.29 is 5.21 Å². The van der Waals surface area contributed by atoms with E-state index < -0.39 is 0 Å². The standard InChI is InChI=1S/C12H15N5O/c18-17-8-2-1-3-10(17)12-14-11(15-16-12)9-4-6-13-7-5-9/h1-3,8-9,13,18H,4-7H2. The van der Waals surface area contributed by atoms with E-state index >= 15 is 0 Å². The van der Waals surface area contributed by atoms with Gasteiger partial charge in [-0.15, -0.1) is 10.2 Å². The first-order valence-corrected chi connectivity index (χ1v) is 6.13. The van der Waals surface area contributed by atoms with Crippen LogP contribution in [0.25, 0.3) is 0 Å². The maximum absolute atomic E-state index is 9.68. The average molecular weight is 245 g/mol. The van der Waals surface area contributed by atoms with Crippen molar-refractivity contribution in [1.82, 2.24) is 10.4 Å². The molecule has 3 heterocycles. The van der Waals surface area contributed by atoms with Crippen molar-refractivity contribution in [1.29, 1.82) is 0 Å². The summed E-state index contributed by atoms with van der Waals surface area (Å²) in [5, 5.41) is 22.2. The Labute approximate surface area is 105 Å². The van der Waals surface area contributed by atoms with Crippen LogP contribution in [0, 0.1) is 5.92 Å². The van der Waals surface area contributed by atoms with Gasteiger partial charge in [0.05, 0.1) is 0 Å². The molecular formula is C12H15N5O. The molecule has 0 radical (unpaired) electrons. The number of piperidine rings is 1. The van der Waals surface area contributed by atoms with E-state index in [2.05, 4.69) is 20.5 Å². The molecule has 3 aliphatic heterocycles. The van der Waals surface area contributed by atoms with E-state index in [0.717, 1.165) is 36.8 Å². The fourth-order valence-electron chi connectivity index (χ4n) is 2.22. The number of allylic oxidation sites excluding steroid dienone is 3. The maximum atomic E-state index is 9.68. The number of hydroxylamine groups is 2. The molecule has 0 aromatic rings. The van der Waals surface area contributed by atoms with Crippen molar-refractivity contribution in [2.45, 2.75) is 12.8 Å². The first-order chi connectivity index (χ1) is 8.84. The quantitative estimate of drug-likeness (QED) is 0.739. The Balaban J connectivity index is 1.83. The Kier molecular flexibility index (Phi) is 3.04. The number of amidine groups is 1. The van der Waals surface area contributed by atoms with E-state index in [9.17, 15) is 5.21 Å². The van der Waals surface area contributed by atoms with Crippen LogP contribution in [-0.2, 0) is 0 Å². The zero-order chi connectivity index (χ0) is 12.4. The van der Waals surface area contributed by atoms with Crippen molar-refractivity contribution in [3.63, 3.8) is 0 Å². The molecule has 0 atom stereocenters. The minimum atomic E-state index is 0.378. The predicted molar refractivity (Wildman–Crippen MR) is 66.8 cm³/mol. The number of hydrogen-bond acceptors (Lipinski definition) is 6. The molecule has 18 heavy (non-hydrogen) atoms. The number of aliphatic imine (C=N–C) groups is 1. The Morgan fingerprint density at radius 3 is 2.83 bits per heavy atom. The number of nitrogens with one attached hydrogen (secondary N) is 1. The zero-order valence-electron chi connectivity index (χ0n) is 9.95. The van der Waals surface area contributed by atoms with Crippen molar-refractivity contribution in [3.05, 3.63) is 35.9 Å². The van der Waals surface area contributed by atoms with Gasteiger partial charge in [0.1, 0.15) is 5.70 Å². The fourth-order valence-corrected chi connectivity index (χ4v) is 2.22. The van der Waals surface area contributed by atoms with Crippen LogP contribution in [0.4, 0.5) is 0 Å². The van der Waals surface area contributed by atoms with Crippen molar-refractivity contribution in [2.75, 3.05) is 13.1 Å². The lowest BCUT2D eigenvalue weighted by Gasteiger charge is -2.20. The summed E-state index contributed by atoms with van der Waals surface area (Å²) >= 11 is 0. The molecule has 0 amide bonds. The molecule has 0 bridgehead atoms. The van der Waals surface area contributed by atoms with Gasteiger partial charge in [-0.3, -0.25) is 5.21 Å². The summed E-state index contributed by atoms with van der Waals surface area (Å²) in [6.07, 6.45) is 8.98. The van der Waals surface area contributed by atoms with Gasteiger partial charge in [-0.2, -0.15) is 0 Å². The van der Waals surface area contributed by atoms with E-state index in [1.165, 1.54) is 0 Å². The topological polar surface area (TPSA) is 72.6 Å². The molecule has 0 unspecified atom stereocenters. The third-order valence-corrected chi connectivity index (χ3v) is 3.24. The van der Waals surface area contributed by atoms with E-state index in [1.54, 1.807) is 18.4 Å². The summed E-state index contributed by atoms with van der Waals surface area (Å²) in [5.41, 5.74) is 0.560. The third-order valence-electron chi connectivity index (χ3n) is 3.24. The highest BCUT2D eigenvalue weighted by Crippen LogP contribution is 2.25.